The first-order chi connectivity index (χ1) is 13.0. The first kappa shape index (κ1) is 20.0. The molecule has 3 rings (SSSR count). The summed E-state index contributed by atoms with van der Waals surface area (Å²) >= 11 is 0. The monoisotopic (exact) mass is 390 g/mol. The van der Waals surface area contributed by atoms with Crippen LogP contribution in [-0.4, -0.2) is 48.2 Å². The molecule has 3 unspecified atom stereocenters. The highest BCUT2D eigenvalue weighted by atomic mass is 16.7. The second kappa shape index (κ2) is 6.13. The molecule has 8 nitrogen and oxygen atoms in total. The summed E-state index contributed by atoms with van der Waals surface area (Å²) in [6, 6.07) is 0. The summed E-state index contributed by atoms with van der Waals surface area (Å²) in [7, 11) is 2.64. The number of phenolic OH excluding ortho intramolecular Hbond substituents is 1. The molecule has 1 N–H and O–H groups in total. The van der Waals surface area contributed by atoms with Crippen molar-refractivity contribution in [3.63, 3.8) is 0 Å². The van der Waals surface area contributed by atoms with Gasteiger partial charge >= 0.3 is 0 Å². The average Bonchev–Trinajstić information content (AvgIpc) is 2.86. The minimum atomic E-state index is -1.76. The molecule has 0 amide bonds. The smallest absolute Gasteiger partial charge is 0.234 e. The normalized spacial score (nSPS) is 28.4. The lowest BCUT2D eigenvalue weighted by atomic mass is 9.61. The van der Waals surface area contributed by atoms with E-state index in [1.807, 2.05) is 0 Å². The van der Waals surface area contributed by atoms with Gasteiger partial charge in [0.05, 0.1) is 19.1 Å². The molecule has 0 aromatic heterocycles. The van der Waals surface area contributed by atoms with E-state index in [-0.39, 0.29) is 40.4 Å². The molecule has 0 bridgehead atoms. The summed E-state index contributed by atoms with van der Waals surface area (Å²) in [4.78, 5) is 50.4. The van der Waals surface area contributed by atoms with Crippen LogP contribution >= 0.6 is 0 Å². The zero-order valence-corrected chi connectivity index (χ0v) is 16.6. The fraction of sp³-hybridized carbons (Fsp3) is 0.500. The van der Waals surface area contributed by atoms with Crippen LogP contribution in [0.3, 0.4) is 0 Å². The van der Waals surface area contributed by atoms with Crippen molar-refractivity contribution < 1.29 is 38.5 Å². The van der Waals surface area contributed by atoms with E-state index in [0.29, 0.717) is 0 Å². The molecule has 1 aliphatic heterocycles. The van der Waals surface area contributed by atoms with Crippen LogP contribution < -0.4 is 9.47 Å². The summed E-state index contributed by atoms with van der Waals surface area (Å²) in [6.07, 6.45) is -0.370. The summed E-state index contributed by atoms with van der Waals surface area (Å²) in [6.45, 7) is 5.48. The van der Waals surface area contributed by atoms with Gasteiger partial charge in [0.25, 0.3) is 0 Å². The number of methoxy groups -OCH3 is 2. The quantitative estimate of drug-likeness (QED) is 0.609. The molecule has 28 heavy (non-hydrogen) atoms. The third-order valence-corrected chi connectivity index (χ3v) is 5.92. The van der Waals surface area contributed by atoms with Crippen LogP contribution in [0.1, 0.15) is 48.7 Å². The molecule has 3 atom stereocenters. The number of hydrogen-bond acceptors (Lipinski definition) is 8. The fourth-order valence-electron chi connectivity index (χ4n) is 4.43. The van der Waals surface area contributed by atoms with Gasteiger partial charge < -0.3 is 19.3 Å². The van der Waals surface area contributed by atoms with E-state index in [2.05, 4.69) is 0 Å². The fourth-order valence-corrected chi connectivity index (χ4v) is 4.43. The zero-order valence-electron chi connectivity index (χ0n) is 16.6. The van der Waals surface area contributed by atoms with Crippen molar-refractivity contribution in [1.82, 2.24) is 0 Å². The summed E-state index contributed by atoms with van der Waals surface area (Å²) < 4.78 is 17.0. The Bertz CT molecular complexity index is 946. The SMILES string of the molecule is COc1c(C)c(O)c(C(C)=O)c2c1C1(C)C(=O)C(C(C)=O)C(=O)CC1(OC)O2. The number of ether oxygens (including phenoxy) is 3. The molecule has 8 heteroatoms. The summed E-state index contributed by atoms with van der Waals surface area (Å²) in [5.74, 6) is -5.84. The lowest BCUT2D eigenvalue weighted by Gasteiger charge is -2.44. The third-order valence-electron chi connectivity index (χ3n) is 5.92. The molecule has 1 aromatic rings. The Kier molecular flexibility index (Phi) is 4.38. The van der Waals surface area contributed by atoms with Crippen LogP contribution in [0, 0.1) is 12.8 Å². The van der Waals surface area contributed by atoms with E-state index in [1.54, 1.807) is 0 Å². The van der Waals surface area contributed by atoms with E-state index in [4.69, 9.17) is 14.2 Å². The molecule has 0 radical (unpaired) electrons. The van der Waals surface area contributed by atoms with Gasteiger partial charge in [-0.3, -0.25) is 19.2 Å². The number of ketones is 4. The summed E-state index contributed by atoms with van der Waals surface area (Å²) in [5, 5.41) is 10.5. The van der Waals surface area contributed by atoms with Crippen molar-refractivity contribution in [2.45, 2.75) is 45.3 Å². The lowest BCUT2D eigenvalue weighted by Crippen LogP contribution is -2.64. The Morgan fingerprint density at radius 1 is 1.21 bits per heavy atom. The van der Waals surface area contributed by atoms with Crippen molar-refractivity contribution in [1.29, 1.82) is 0 Å². The Labute approximate surface area is 161 Å². The first-order valence-electron chi connectivity index (χ1n) is 8.75. The van der Waals surface area contributed by atoms with Gasteiger partial charge in [-0.05, 0) is 27.7 Å². The van der Waals surface area contributed by atoms with Crippen molar-refractivity contribution in [3.8, 4) is 17.2 Å². The average molecular weight is 390 g/mol. The number of benzene rings is 1. The molecule has 150 valence electrons. The van der Waals surface area contributed by atoms with Gasteiger partial charge in [0.1, 0.15) is 39.9 Å². The van der Waals surface area contributed by atoms with E-state index in [0.717, 1.165) is 0 Å². The predicted molar refractivity (Wildman–Crippen MR) is 95.9 cm³/mol. The zero-order chi connectivity index (χ0) is 21.2. The molecule has 0 saturated heterocycles. The minimum absolute atomic E-state index is 0.0675. The van der Waals surface area contributed by atoms with E-state index >= 15 is 0 Å². The van der Waals surface area contributed by atoms with Gasteiger partial charge in [0.2, 0.25) is 5.79 Å². The Morgan fingerprint density at radius 2 is 1.82 bits per heavy atom. The van der Waals surface area contributed by atoms with Crippen molar-refractivity contribution in [2.24, 2.45) is 5.92 Å². The molecule has 0 spiro atoms. The molecule has 1 aromatic carbocycles. The Balaban J connectivity index is 2.47. The molecule has 1 heterocycles. The molecule has 1 saturated carbocycles. The Hall–Kier alpha value is -2.74. The summed E-state index contributed by atoms with van der Waals surface area (Å²) in [5.41, 5.74) is -1.29. The minimum Gasteiger partial charge on any atom is -0.507 e. The maximum Gasteiger partial charge on any atom is 0.234 e. The molecular formula is C20H22O8. The second-order valence-corrected chi connectivity index (χ2v) is 7.38. The van der Waals surface area contributed by atoms with Gasteiger partial charge in [0, 0.05) is 12.7 Å². The lowest BCUT2D eigenvalue weighted by molar-refractivity contribution is -0.209. The highest BCUT2D eigenvalue weighted by Gasteiger charge is 2.70. The van der Waals surface area contributed by atoms with Crippen molar-refractivity contribution >= 4 is 23.1 Å². The second-order valence-electron chi connectivity index (χ2n) is 7.38. The number of rotatable bonds is 4. The van der Waals surface area contributed by atoms with Crippen molar-refractivity contribution in [2.75, 3.05) is 14.2 Å². The highest BCUT2D eigenvalue weighted by Crippen LogP contribution is 2.61. The van der Waals surface area contributed by atoms with E-state index in [1.165, 1.54) is 41.9 Å². The number of Topliss-reactive ketones (excluding diaryl/α,β-unsaturated/α-hetero) is 4. The molecular weight excluding hydrogens is 368 g/mol. The molecule has 2 aliphatic rings. The molecule has 1 aliphatic carbocycles. The molecule has 1 fully saturated rings. The van der Waals surface area contributed by atoms with Crippen LogP contribution in [0.2, 0.25) is 0 Å². The topological polar surface area (TPSA) is 116 Å². The number of fused-ring (bicyclic) bond motifs is 3. The largest absolute Gasteiger partial charge is 0.507 e. The van der Waals surface area contributed by atoms with Crippen LogP contribution in [0.4, 0.5) is 0 Å². The van der Waals surface area contributed by atoms with Crippen LogP contribution in [0.15, 0.2) is 0 Å². The number of carbonyl (C=O) groups excluding carboxylic acids is 4. The maximum atomic E-state index is 13.4. The van der Waals surface area contributed by atoms with Gasteiger partial charge in [-0.1, -0.05) is 0 Å². The van der Waals surface area contributed by atoms with Gasteiger partial charge in [-0.15, -0.1) is 0 Å². The van der Waals surface area contributed by atoms with Gasteiger partial charge in [0.15, 0.2) is 17.3 Å². The van der Waals surface area contributed by atoms with Gasteiger partial charge in [-0.2, -0.15) is 0 Å². The number of phenols is 1. The van der Waals surface area contributed by atoms with E-state index < -0.39 is 40.3 Å². The predicted octanol–water partition coefficient (Wildman–Crippen LogP) is 1.65. The van der Waals surface area contributed by atoms with Crippen LogP contribution in [0.25, 0.3) is 0 Å². The standard InChI is InChI=1S/C20H22O8/c1-8-15(24)13(10(3)22)17-14(16(8)26-5)19(4)18(25)12(9(2)21)11(23)7-20(19,27-6)28-17/h12,24H,7H2,1-6H3. The maximum absolute atomic E-state index is 13.4. The third kappa shape index (κ3) is 2.15. The van der Waals surface area contributed by atoms with Crippen LogP contribution in [0.5, 0.6) is 17.2 Å². The number of carbonyl (C=O) groups is 4. The van der Waals surface area contributed by atoms with Crippen molar-refractivity contribution in [3.05, 3.63) is 16.7 Å². The van der Waals surface area contributed by atoms with Gasteiger partial charge in [-0.25, -0.2) is 0 Å². The van der Waals surface area contributed by atoms with E-state index in [9.17, 15) is 24.3 Å². The number of aromatic hydroxyl groups is 1. The Morgan fingerprint density at radius 3 is 2.29 bits per heavy atom. The number of hydrogen-bond donors (Lipinski definition) is 1. The highest BCUT2D eigenvalue weighted by molar-refractivity contribution is 6.24. The van der Waals surface area contributed by atoms with Crippen LogP contribution in [-0.2, 0) is 24.5 Å². The first-order valence-corrected chi connectivity index (χ1v) is 8.75.